The molecule has 2 heterocycles. The van der Waals surface area contributed by atoms with Gasteiger partial charge in [0.1, 0.15) is 11.5 Å². The van der Waals surface area contributed by atoms with Gasteiger partial charge in [-0.15, -0.1) is 0 Å². The Labute approximate surface area is 105 Å². The summed E-state index contributed by atoms with van der Waals surface area (Å²) in [6, 6.07) is 3.65. The molecule has 4 nitrogen and oxygen atoms in total. The van der Waals surface area contributed by atoms with Gasteiger partial charge < -0.3 is 10.5 Å². The zero-order valence-electron chi connectivity index (χ0n) is 10.2. The van der Waals surface area contributed by atoms with Crippen LogP contribution in [0.15, 0.2) is 18.3 Å². The van der Waals surface area contributed by atoms with Crippen LogP contribution >= 0.6 is 11.6 Å². The summed E-state index contributed by atoms with van der Waals surface area (Å²) < 4.78 is 7.18. The van der Waals surface area contributed by atoms with Crippen molar-refractivity contribution in [1.29, 1.82) is 0 Å². The molecule has 2 aromatic heterocycles. The van der Waals surface area contributed by atoms with E-state index < -0.39 is 0 Å². The zero-order chi connectivity index (χ0) is 12.6. The molecular weight excluding hydrogens is 238 g/mol. The van der Waals surface area contributed by atoms with Crippen LogP contribution in [0.25, 0.3) is 5.65 Å². The molecule has 0 saturated heterocycles. The molecule has 0 aliphatic heterocycles. The average Bonchev–Trinajstić information content (AvgIpc) is 2.56. The first-order chi connectivity index (χ1) is 7.93. The van der Waals surface area contributed by atoms with Crippen LogP contribution in [0.1, 0.15) is 19.5 Å². The molecule has 0 aliphatic carbocycles. The monoisotopic (exact) mass is 253 g/mol. The number of pyridine rings is 1. The van der Waals surface area contributed by atoms with Crippen molar-refractivity contribution in [1.82, 2.24) is 9.38 Å². The number of nitrogens with two attached hydrogens (primary N) is 1. The normalized spacial score (nSPS) is 12.2. The molecule has 2 aromatic rings. The maximum Gasteiger partial charge on any atom is 0.138 e. The minimum atomic E-state index is -0.282. The lowest BCUT2D eigenvalue weighted by molar-refractivity contribution is 0.0226. The molecule has 92 valence electrons. The second-order valence-corrected chi connectivity index (χ2v) is 5.10. The van der Waals surface area contributed by atoms with Crippen molar-refractivity contribution >= 4 is 23.1 Å². The molecule has 5 heteroatoms. The standard InChI is InChI=1S/C12H16ClN3O/c1-12(2,17-3)6-9-11(14)16-7-8(13)4-5-10(16)15-9/h4-5,7H,6,14H2,1-3H3. The van der Waals surface area contributed by atoms with E-state index in [-0.39, 0.29) is 5.60 Å². The fraction of sp³-hybridized carbons (Fsp3) is 0.417. The lowest BCUT2D eigenvalue weighted by atomic mass is 10.0. The van der Waals surface area contributed by atoms with Crippen molar-refractivity contribution in [2.45, 2.75) is 25.9 Å². The Bertz CT molecular complexity index is 548. The van der Waals surface area contributed by atoms with Gasteiger partial charge in [-0.05, 0) is 26.0 Å². The van der Waals surface area contributed by atoms with Gasteiger partial charge in [-0.1, -0.05) is 11.6 Å². The number of imidazole rings is 1. The van der Waals surface area contributed by atoms with Crippen molar-refractivity contribution in [2.24, 2.45) is 0 Å². The summed E-state index contributed by atoms with van der Waals surface area (Å²) in [6.07, 6.45) is 2.43. The molecule has 17 heavy (non-hydrogen) atoms. The van der Waals surface area contributed by atoms with Crippen LogP contribution in [-0.4, -0.2) is 22.1 Å². The van der Waals surface area contributed by atoms with Gasteiger partial charge in [0.05, 0.1) is 16.3 Å². The van der Waals surface area contributed by atoms with Gasteiger partial charge in [0.2, 0.25) is 0 Å². The maximum absolute atomic E-state index is 6.06. The minimum Gasteiger partial charge on any atom is -0.383 e. The first-order valence-electron chi connectivity index (χ1n) is 5.40. The quantitative estimate of drug-likeness (QED) is 0.915. The Morgan fingerprint density at radius 2 is 2.18 bits per heavy atom. The van der Waals surface area contributed by atoms with Crippen molar-refractivity contribution in [2.75, 3.05) is 12.8 Å². The highest BCUT2D eigenvalue weighted by atomic mass is 35.5. The molecule has 0 saturated carbocycles. The number of anilines is 1. The first-order valence-corrected chi connectivity index (χ1v) is 5.78. The van der Waals surface area contributed by atoms with Crippen LogP contribution in [0.4, 0.5) is 5.82 Å². The fourth-order valence-electron chi connectivity index (χ4n) is 1.69. The number of nitrogen functional groups attached to an aromatic ring is 1. The minimum absolute atomic E-state index is 0.282. The van der Waals surface area contributed by atoms with Crippen LogP contribution in [0, 0.1) is 0 Å². The molecule has 0 radical (unpaired) electrons. The van der Waals surface area contributed by atoms with E-state index >= 15 is 0 Å². The second-order valence-electron chi connectivity index (χ2n) is 4.66. The molecule has 0 aliphatic rings. The third-order valence-corrected chi connectivity index (χ3v) is 3.06. The van der Waals surface area contributed by atoms with Gasteiger partial charge in [0.25, 0.3) is 0 Å². The highest BCUT2D eigenvalue weighted by molar-refractivity contribution is 6.30. The summed E-state index contributed by atoms with van der Waals surface area (Å²) >= 11 is 5.93. The van der Waals surface area contributed by atoms with Crippen LogP contribution in [0.5, 0.6) is 0 Å². The summed E-state index contributed by atoms with van der Waals surface area (Å²) in [7, 11) is 1.68. The molecular formula is C12H16ClN3O. The Balaban J connectivity index is 2.46. The van der Waals surface area contributed by atoms with E-state index in [2.05, 4.69) is 4.98 Å². The van der Waals surface area contributed by atoms with Crippen LogP contribution in [0.2, 0.25) is 5.02 Å². The number of halogens is 1. The Morgan fingerprint density at radius 3 is 2.82 bits per heavy atom. The molecule has 0 unspecified atom stereocenters. The molecule has 0 bridgehead atoms. The largest absolute Gasteiger partial charge is 0.383 e. The van der Waals surface area contributed by atoms with Gasteiger partial charge >= 0.3 is 0 Å². The Hall–Kier alpha value is -1.26. The third-order valence-electron chi connectivity index (χ3n) is 2.84. The van der Waals surface area contributed by atoms with Gasteiger partial charge in [-0.2, -0.15) is 0 Å². The lowest BCUT2D eigenvalue weighted by Gasteiger charge is -2.21. The topological polar surface area (TPSA) is 52.5 Å². The second kappa shape index (κ2) is 4.20. The van der Waals surface area contributed by atoms with Crippen molar-refractivity contribution in [3.8, 4) is 0 Å². The number of hydrogen-bond acceptors (Lipinski definition) is 3. The molecule has 0 fully saturated rings. The highest BCUT2D eigenvalue weighted by Crippen LogP contribution is 2.23. The smallest absolute Gasteiger partial charge is 0.138 e. The summed E-state index contributed by atoms with van der Waals surface area (Å²) in [5.41, 5.74) is 7.41. The summed E-state index contributed by atoms with van der Waals surface area (Å²) in [4.78, 5) is 4.49. The predicted molar refractivity (Wildman–Crippen MR) is 69.4 cm³/mol. The molecule has 2 rings (SSSR count). The number of methoxy groups -OCH3 is 1. The average molecular weight is 254 g/mol. The van der Waals surface area contributed by atoms with Gasteiger partial charge in [-0.3, -0.25) is 4.40 Å². The van der Waals surface area contributed by atoms with Crippen molar-refractivity contribution < 1.29 is 4.74 Å². The van der Waals surface area contributed by atoms with E-state index in [1.165, 1.54) is 0 Å². The number of ether oxygens (including phenoxy) is 1. The van der Waals surface area contributed by atoms with Gasteiger partial charge in [0.15, 0.2) is 0 Å². The van der Waals surface area contributed by atoms with E-state index in [1.54, 1.807) is 23.8 Å². The van der Waals surface area contributed by atoms with Crippen LogP contribution in [0.3, 0.4) is 0 Å². The first kappa shape index (κ1) is 12.2. The van der Waals surface area contributed by atoms with Gasteiger partial charge in [-0.25, -0.2) is 4.98 Å². The van der Waals surface area contributed by atoms with E-state index in [0.717, 1.165) is 11.3 Å². The predicted octanol–water partition coefficient (Wildman–Crippen LogP) is 2.54. The summed E-state index contributed by atoms with van der Waals surface area (Å²) in [5, 5.41) is 0.638. The van der Waals surface area contributed by atoms with Crippen LogP contribution in [-0.2, 0) is 11.2 Å². The zero-order valence-corrected chi connectivity index (χ0v) is 11.0. The van der Waals surface area contributed by atoms with E-state index in [4.69, 9.17) is 22.1 Å². The van der Waals surface area contributed by atoms with E-state index in [1.807, 2.05) is 19.9 Å². The molecule has 2 N–H and O–H groups in total. The fourth-order valence-corrected chi connectivity index (χ4v) is 1.85. The number of nitrogens with zero attached hydrogens (tertiary/aromatic N) is 2. The van der Waals surface area contributed by atoms with Crippen LogP contribution < -0.4 is 5.73 Å². The third kappa shape index (κ3) is 2.37. The Kier molecular flexibility index (Phi) is 3.02. The number of rotatable bonds is 3. The number of aromatic nitrogens is 2. The number of fused-ring (bicyclic) bond motifs is 1. The van der Waals surface area contributed by atoms with E-state index in [9.17, 15) is 0 Å². The molecule has 0 atom stereocenters. The Morgan fingerprint density at radius 1 is 1.47 bits per heavy atom. The number of hydrogen-bond donors (Lipinski definition) is 1. The molecule has 0 aromatic carbocycles. The maximum atomic E-state index is 6.06. The van der Waals surface area contributed by atoms with Crippen molar-refractivity contribution in [3.05, 3.63) is 29.0 Å². The summed E-state index contributed by atoms with van der Waals surface area (Å²) in [6.45, 7) is 4.01. The highest BCUT2D eigenvalue weighted by Gasteiger charge is 2.21. The van der Waals surface area contributed by atoms with Crippen molar-refractivity contribution in [3.63, 3.8) is 0 Å². The summed E-state index contributed by atoms with van der Waals surface area (Å²) in [5.74, 6) is 0.618. The lowest BCUT2D eigenvalue weighted by Crippen LogP contribution is -2.26. The molecule has 0 spiro atoms. The van der Waals surface area contributed by atoms with Gasteiger partial charge in [0, 0.05) is 19.7 Å². The molecule has 0 amide bonds. The van der Waals surface area contributed by atoms with E-state index in [0.29, 0.717) is 17.3 Å². The SMILES string of the molecule is COC(C)(C)Cc1nc2ccc(Cl)cn2c1N.